The summed E-state index contributed by atoms with van der Waals surface area (Å²) in [6.45, 7) is 2.05. The van der Waals surface area contributed by atoms with E-state index < -0.39 is 19.3 Å². The number of rotatable bonds is 9. The van der Waals surface area contributed by atoms with Crippen molar-refractivity contribution in [3.8, 4) is 0 Å². The normalized spacial score (nSPS) is 14.2. The highest BCUT2D eigenvalue weighted by Crippen LogP contribution is 2.51. The lowest BCUT2D eigenvalue weighted by Gasteiger charge is -2.18. The highest BCUT2D eigenvalue weighted by Gasteiger charge is 2.31. The topological polar surface area (TPSA) is 35.5 Å². The van der Waals surface area contributed by atoms with Crippen LogP contribution in [0.1, 0.15) is 30.0 Å². The van der Waals surface area contributed by atoms with Gasteiger partial charge in [0.05, 0.1) is 24.9 Å². The van der Waals surface area contributed by atoms with Crippen LogP contribution in [-0.4, -0.2) is 13.2 Å². The van der Waals surface area contributed by atoms with Crippen molar-refractivity contribution < 1.29 is 26.8 Å². The average molecular weight is 386 g/mol. The van der Waals surface area contributed by atoms with Gasteiger partial charge in [0.25, 0.3) is 0 Å². The molecule has 0 fully saturated rings. The first kappa shape index (κ1) is 20.7. The standard InChI is InChI=1S/C19H22F3O3P/c1-2-24-26(23,25-13-7-11-16-8-4-3-5-9-16)15-17-10-6-12-18(14-17)19(20,21)22/h3-6,8-10,12,14H,2,7,11,13,15H2,1H3. The molecule has 1 unspecified atom stereocenters. The zero-order valence-corrected chi connectivity index (χ0v) is 15.4. The van der Waals surface area contributed by atoms with Crippen molar-refractivity contribution in [2.24, 2.45) is 0 Å². The molecule has 0 saturated heterocycles. The molecule has 3 nitrogen and oxygen atoms in total. The summed E-state index contributed by atoms with van der Waals surface area (Å²) in [5, 5.41) is 0. The fraction of sp³-hybridized carbons (Fsp3) is 0.368. The van der Waals surface area contributed by atoms with Gasteiger partial charge in [-0.05, 0) is 37.0 Å². The number of halogens is 3. The molecule has 2 aromatic carbocycles. The van der Waals surface area contributed by atoms with E-state index in [1.807, 2.05) is 30.3 Å². The highest BCUT2D eigenvalue weighted by atomic mass is 31.2. The lowest BCUT2D eigenvalue weighted by molar-refractivity contribution is -0.137. The summed E-state index contributed by atoms with van der Waals surface area (Å²) >= 11 is 0. The molecule has 0 radical (unpaired) electrons. The molecule has 2 rings (SSSR count). The molecule has 0 bridgehead atoms. The highest BCUT2D eigenvalue weighted by molar-refractivity contribution is 7.53. The first-order valence-electron chi connectivity index (χ1n) is 8.40. The molecule has 26 heavy (non-hydrogen) atoms. The number of hydrogen-bond donors (Lipinski definition) is 0. The second-order valence-corrected chi connectivity index (χ2v) is 7.86. The van der Waals surface area contributed by atoms with E-state index in [0.29, 0.717) is 6.42 Å². The molecule has 0 amide bonds. The number of aryl methyl sites for hydroxylation is 1. The summed E-state index contributed by atoms with van der Waals surface area (Å²) in [5.41, 5.74) is 0.641. The molecule has 1 atom stereocenters. The van der Waals surface area contributed by atoms with Gasteiger partial charge in [0.15, 0.2) is 0 Å². The Labute approximate surface area is 151 Å². The molecular weight excluding hydrogens is 364 g/mol. The second-order valence-electron chi connectivity index (χ2n) is 5.81. The summed E-state index contributed by atoms with van der Waals surface area (Å²) in [4.78, 5) is 0. The van der Waals surface area contributed by atoms with Gasteiger partial charge >= 0.3 is 13.8 Å². The van der Waals surface area contributed by atoms with Crippen LogP contribution in [0.4, 0.5) is 13.2 Å². The molecule has 142 valence electrons. The SMILES string of the molecule is CCOP(=O)(Cc1cccc(C(F)(F)F)c1)OCCCc1ccccc1. The minimum Gasteiger partial charge on any atom is -0.309 e. The molecule has 0 aliphatic heterocycles. The van der Waals surface area contributed by atoms with Crippen molar-refractivity contribution in [1.82, 2.24) is 0 Å². The van der Waals surface area contributed by atoms with Crippen molar-refractivity contribution in [1.29, 1.82) is 0 Å². The van der Waals surface area contributed by atoms with Crippen LogP contribution in [0.15, 0.2) is 54.6 Å². The summed E-state index contributed by atoms with van der Waals surface area (Å²) in [7, 11) is -3.50. The van der Waals surface area contributed by atoms with Gasteiger partial charge in [-0.2, -0.15) is 13.2 Å². The Hall–Kier alpha value is -1.62. The average Bonchev–Trinajstić information content (AvgIpc) is 2.59. The molecule has 2 aromatic rings. The third-order valence-corrected chi connectivity index (χ3v) is 5.68. The van der Waals surface area contributed by atoms with Crippen molar-refractivity contribution in [3.05, 3.63) is 71.3 Å². The number of benzene rings is 2. The van der Waals surface area contributed by atoms with Crippen LogP contribution in [0.5, 0.6) is 0 Å². The van der Waals surface area contributed by atoms with E-state index in [1.54, 1.807) is 6.92 Å². The minimum atomic E-state index is -4.44. The predicted octanol–water partition coefficient (Wildman–Crippen LogP) is 6.08. The van der Waals surface area contributed by atoms with Gasteiger partial charge in [0, 0.05) is 0 Å². The van der Waals surface area contributed by atoms with Gasteiger partial charge in [-0.25, -0.2) is 0 Å². The first-order valence-corrected chi connectivity index (χ1v) is 10.1. The van der Waals surface area contributed by atoms with Crippen molar-refractivity contribution in [3.63, 3.8) is 0 Å². The zero-order valence-electron chi connectivity index (χ0n) is 14.5. The lowest BCUT2D eigenvalue weighted by atomic mass is 10.1. The zero-order chi connectivity index (χ0) is 19.0. The van der Waals surface area contributed by atoms with E-state index in [4.69, 9.17) is 9.05 Å². The van der Waals surface area contributed by atoms with E-state index in [2.05, 4.69) is 0 Å². The summed E-state index contributed by atoms with van der Waals surface area (Å²) in [6.07, 6.45) is -3.22. The molecule has 0 aliphatic carbocycles. The van der Waals surface area contributed by atoms with Gasteiger partial charge in [0.1, 0.15) is 0 Å². The van der Waals surface area contributed by atoms with E-state index in [0.717, 1.165) is 24.1 Å². The Morgan fingerprint density at radius 2 is 1.65 bits per heavy atom. The predicted molar refractivity (Wildman–Crippen MR) is 95.1 cm³/mol. The van der Waals surface area contributed by atoms with Crippen LogP contribution in [0, 0.1) is 0 Å². The largest absolute Gasteiger partial charge is 0.416 e. The molecular formula is C19H22F3O3P. The van der Waals surface area contributed by atoms with Gasteiger partial charge < -0.3 is 9.05 Å². The van der Waals surface area contributed by atoms with E-state index in [-0.39, 0.29) is 24.9 Å². The van der Waals surface area contributed by atoms with Crippen LogP contribution in [0.2, 0.25) is 0 Å². The Kier molecular flexibility index (Phi) is 7.44. The summed E-state index contributed by atoms with van der Waals surface area (Å²) in [5.74, 6) is 0. The summed E-state index contributed by atoms with van der Waals surface area (Å²) < 4.78 is 62.0. The lowest BCUT2D eigenvalue weighted by Crippen LogP contribution is -2.06. The molecule has 0 aliphatic rings. The fourth-order valence-electron chi connectivity index (χ4n) is 2.52. The van der Waals surface area contributed by atoms with Crippen LogP contribution in [0.25, 0.3) is 0 Å². The molecule has 0 saturated carbocycles. The molecule has 0 N–H and O–H groups in total. The van der Waals surface area contributed by atoms with E-state index in [1.165, 1.54) is 12.1 Å². The number of alkyl halides is 3. The van der Waals surface area contributed by atoms with Gasteiger partial charge in [-0.3, -0.25) is 4.57 Å². The molecule has 0 spiro atoms. The summed E-state index contributed by atoms with van der Waals surface area (Å²) in [6, 6.07) is 14.5. The first-order chi connectivity index (χ1) is 12.3. The maximum Gasteiger partial charge on any atom is 0.416 e. The molecule has 7 heteroatoms. The Morgan fingerprint density at radius 3 is 2.31 bits per heavy atom. The smallest absolute Gasteiger partial charge is 0.309 e. The van der Waals surface area contributed by atoms with Crippen LogP contribution in [-0.2, 0) is 32.4 Å². The van der Waals surface area contributed by atoms with Crippen LogP contribution in [0.3, 0.4) is 0 Å². The Balaban J connectivity index is 1.96. The van der Waals surface area contributed by atoms with Gasteiger partial charge in [0.2, 0.25) is 0 Å². The fourth-order valence-corrected chi connectivity index (χ4v) is 4.22. The van der Waals surface area contributed by atoms with Crippen molar-refractivity contribution >= 4 is 7.60 Å². The Morgan fingerprint density at radius 1 is 0.962 bits per heavy atom. The second kappa shape index (κ2) is 9.36. The maximum absolute atomic E-state index is 12.8. The molecule has 0 aromatic heterocycles. The maximum atomic E-state index is 12.8. The van der Waals surface area contributed by atoms with Crippen molar-refractivity contribution in [2.75, 3.05) is 13.2 Å². The van der Waals surface area contributed by atoms with Gasteiger partial charge in [-0.1, -0.05) is 48.5 Å². The number of hydrogen-bond acceptors (Lipinski definition) is 3. The third kappa shape index (κ3) is 6.60. The monoisotopic (exact) mass is 386 g/mol. The molecule has 0 heterocycles. The van der Waals surface area contributed by atoms with E-state index in [9.17, 15) is 17.7 Å². The van der Waals surface area contributed by atoms with Crippen molar-refractivity contribution in [2.45, 2.75) is 32.1 Å². The third-order valence-electron chi connectivity index (χ3n) is 3.70. The quantitative estimate of drug-likeness (QED) is 0.387. The minimum absolute atomic E-state index is 0.162. The van der Waals surface area contributed by atoms with Crippen LogP contribution >= 0.6 is 7.60 Å². The van der Waals surface area contributed by atoms with Crippen LogP contribution < -0.4 is 0 Å². The Bertz CT molecular complexity index is 732. The van der Waals surface area contributed by atoms with E-state index >= 15 is 0 Å². The van der Waals surface area contributed by atoms with Gasteiger partial charge in [-0.15, -0.1) is 0 Å².